The molecule has 0 saturated heterocycles. The van der Waals surface area contributed by atoms with Gasteiger partial charge in [0.15, 0.2) is 12.6 Å². The minimum Gasteiger partial charge on any atom is -0.0622 e. The van der Waals surface area contributed by atoms with Gasteiger partial charge in [-0.1, -0.05) is 132 Å². The Morgan fingerprint density at radius 1 is 0.569 bits per heavy atom. The number of rotatable bonds is 9. The summed E-state index contributed by atoms with van der Waals surface area (Å²) in [6.07, 6.45) is 9.61. The summed E-state index contributed by atoms with van der Waals surface area (Å²) in [6, 6.07) is 46.0. The molecule has 2 aromatic heterocycles. The number of terminal acetylenes is 1. The van der Waals surface area contributed by atoms with Gasteiger partial charge >= 0.3 is 35.0 Å². The molecule has 0 radical (unpaired) electrons. The molecule has 7 rings (SSSR count). The maximum absolute atomic E-state index is 11.0. The first kappa shape index (κ1) is 54.1. The maximum atomic E-state index is 11.0. The Morgan fingerprint density at radius 2 is 0.938 bits per heavy atom. The van der Waals surface area contributed by atoms with Crippen LogP contribution in [0.15, 0.2) is 156 Å². The second-order valence-corrected chi connectivity index (χ2v) is 18.6. The molecular formula is C50H40BrCl4N2O6PPd. The van der Waals surface area contributed by atoms with Crippen molar-refractivity contribution in [2.75, 3.05) is 28.4 Å². The molecule has 7 aromatic rings. The third-order valence-electron chi connectivity index (χ3n) is 8.26. The van der Waals surface area contributed by atoms with E-state index >= 15 is 0 Å². The molecule has 8 nitrogen and oxygen atoms in total. The number of methoxy groups -OCH3 is 4. The molecule has 15 heteroatoms. The van der Waals surface area contributed by atoms with Crippen LogP contribution < -0.4 is 34.9 Å². The summed E-state index contributed by atoms with van der Waals surface area (Å²) in [6.45, 7) is 0. The van der Waals surface area contributed by atoms with Gasteiger partial charge in [0.25, 0.3) is 0 Å². The van der Waals surface area contributed by atoms with Gasteiger partial charge in [-0.25, -0.2) is 9.97 Å². The van der Waals surface area contributed by atoms with E-state index in [1.54, 1.807) is 64.8 Å². The molecule has 0 saturated carbocycles. The number of aldehydes is 2. The topological polar surface area (TPSA) is 96.8 Å². The fraction of sp³-hybridized carbons (Fsp3) is 0.0800. The van der Waals surface area contributed by atoms with Gasteiger partial charge in [0.1, 0.15) is 33.3 Å². The van der Waals surface area contributed by atoms with Crippen molar-refractivity contribution in [2.24, 2.45) is 0 Å². The predicted octanol–water partition coefficient (Wildman–Crippen LogP) is 11.8. The Morgan fingerprint density at radius 3 is 1.29 bits per heavy atom. The monoisotopic (exact) mass is 1120 g/mol. The van der Waals surface area contributed by atoms with Crippen LogP contribution in [0.25, 0.3) is 0 Å². The van der Waals surface area contributed by atoms with Crippen molar-refractivity contribution in [3.8, 4) is 47.2 Å². The summed E-state index contributed by atoms with van der Waals surface area (Å²) in [4.78, 5) is 28.9. The molecule has 5 aromatic carbocycles. The predicted molar refractivity (Wildman–Crippen MR) is 267 cm³/mol. The van der Waals surface area contributed by atoms with Crippen LogP contribution in [0.4, 0.5) is 0 Å². The van der Waals surface area contributed by atoms with Gasteiger partial charge in [-0.05, 0) is 76.2 Å². The second-order valence-electron chi connectivity index (χ2n) is 12.3. The van der Waals surface area contributed by atoms with Crippen LogP contribution in [0.1, 0.15) is 37.4 Å². The van der Waals surface area contributed by atoms with Crippen molar-refractivity contribution in [2.45, 2.75) is 0 Å². The number of hydrogen-bond donors (Lipinski definition) is 0. The molecule has 336 valence electrons. The van der Waals surface area contributed by atoms with Gasteiger partial charge in [-0.3, -0.25) is 9.59 Å². The number of hydrogen-bond acceptors (Lipinski definition) is 8. The first-order valence-corrected chi connectivity index (χ1v) is 25.5. The number of pyridine rings is 2. The largest absolute Gasteiger partial charge is 0.0622 e. The van der Waals surface area contributed by atoms with E-state index in [1.807, 2.05) is 0 Å². The SMILES string of the molecule is C#Cc1cc(OC)cc(OC)c1.COc1cc(C#Cc2cnc(Cl)cc2C=O)cc(OC)c1.O=Cc1cc(Cl)ncc1Br.[Cl][Pd][Cl].c1ccc(P(c2ccccc2)c2ccccc2)cc1. The fourth-order valence-electron chi connectivity index (χ4n) is 5.25. The van der Waals surface area contributed by atoms with Crippen LogP contribution in [0.2, 0.25) is 10.3 Å². The molecule has 0 N–H and O–H groups in total. The van der Waals surface area contributed by atoms with Crippen molar-refractivity contribution in [3.63, 3.8) is 0 Å². The Hall–Kier alpha value is -5.21. The molecule has 65 heavy (non-hydrogen) atoms. The zero-order valence-corrected chi connectivity index (χ0v) is 42.2. The van der Waals surface area contributed by atoms with E-state index in [0.717, 1.165) is 11.8 Å². The summed E-state index contributed by atoms with van der Waals surface area (Å²) in [7, 11) is 15.5. The maximum Gasteiger partial charge on any atom is -0.0134 e. The molecule has 0 aliphatic heterocycles. The van der Waals surface area contributed by atoms with Crippen molar-refractivity contribution in [1.29, 1.82) is 0 Å². The van der Waals surface area contributed by atoms with Gasteiger partial charge in [0.2, 0.25) is 0 Å². The van der Waals surface area contributed by atoms with E-state index in [4.69, 9.17) is 67.6 Å². The van der Waals surface area contributed by atoms with Crippen LogP contribution >= 0.6 is 66.1 Å². The van der Waals surface area contributed by atoms with Crippen LogP contribution in [0, 0.1) is 24.2 Å². The molecule has 0 amide bonds. The quantitative estimate of drug-likeness (QED) is 0.0464. The Balaban J connectivity index is 0.000000234. The minimum absolute atomic E-state index is 0.106. The van der Waals surface area contributed by atoms with Crippen molar-refractivity contribution < 1.29 is 44.5 Å². The molecule has 0 aliphatic carbocycles. The third kappa shape index (κ3) is 19.0. The number of carbonyl (C=O) groups excluding carboxylic acids is 2. The van der Waals surface area contributed by atoms with Gasteiger partial charge in [-0.15, -0.1) is 6.42 Å². The van der Waals surface area contributed by atoms with E-state index < -0.39 is 7.92 Å². The summed E-state index contributed by atoms with van der Waals surface area (Å²) in [5.74, 6) is 11.1. The van der Waals surface area contributed by atoms with Crippen molar-refractivity contribution in [1.82, 2.24) is 9.97 Å². The summed E-state index contributed by atoms with van der Waals surface area (Å²) in [5.41, 5.74) is 2.89. The standard InChI is InChI=1S/C18H15P.C16H12ClNO3.C10H10O2.C6H3BrClNO.2ClH.Pd/c1-4-10-16(11-5-1)19(17-12-6-2-7-13-17)18-14-8-3-9-15-18;1-20-14-5-11(6-15(8-14)21-2)3-4-12-9-18-16(17)7-13(12)10-19;1-4-8-5-9(11-2)7-10(6-8)12-3;7-5-2-9-6(8)1-4(5)3-10;;;/h1-15H;5-10H,1-2H3;1,5-7H,2-3H3;1-3H;2*1H;/q;;;;;;+2/p-2. The van der Waals surface area contributed by atoms with Crippen molar-refractivity contribution in [3.05, 3.63) is 195 Å². The van der Waals surface area contributed by atoms with E-state index in [0.29, 0.717) is 61.2 Å². The molecule has 0 bridgehead atoms. The summed E-state index contributed by atoms with van der Waals surface area (Å²) >= 11 is 14.3. The van der Waals surface area contributed by atoms with Crippen LogP contribution in [0.5, 0.6) is 23.0 Å². The number of carbonyl (C=O) groups is 2. The molecular weight excluding hydrogens is 1080 g/mol. The van der Waals surface area contributed by atoms with Crippen LogP contribution in [-0.4, -0.2) is 51.0 Å². The first-order valence-electron chi connectivity index (χ1n) is 18.7. The van der Waals surface area contributed by atoms with E-state index in [1.165, 1.54) is 40.4 Å². The van der Waals surface area contributed by atoms with E-state index in [-0.39, 0.29) is 21.1 Å². The fourth-order valence-corrected chi connectivity index (χ4v) is 8.20. The number of halogens is 5. The van der Waals surface area contributed by atoms with Gasteiger partial charge < -0.3 is 18.9 Å². The Bertz CT molecular complexity index is 2530. The van der Waals surface area contributed by atoms with E-state index in [2.05, 4.69) is 135 Å². The average Bonchev–Trinajstić information content (AvgIpc) is 3.35. The zero-order chi connectivity index (χ0) is 47.4. The molecule has 0 atom stereocenters. The van der Waals surface area contributed by atoms with Gasteiger partial charge in [0, 0.05) is 51.3 Å². The molecule has 0 aliphatic rings. The number of ether oxygens (including phenoxy) is 4. The minimum atomic E-state index is -0.446. The summed E-state index contributed by atoms with van der Waals surface area (Å²) in [5, 5.41) is 4.77. The van der Waals surface area contributed by atoms with Gasteiger partial charge in [0.05, 0.1) is 34.0 Å². The smallest absolute Gasteiger partial charge is 0.0134 e. The number of benzene rings is 5. The first-order chi connectivity index (χ1) is 31.6. The van der Waals surface area contributed by atoms with Gasteiger partial charge in [-0.2, -0.15) is 0 Å². The number of aromatic nitrogens is 2. The van der Waals surface area contributed by atoms with Crippen LogP contribution in [0.3, 0.4) is 0 Å². The zero-order valence-electron chi connectivity index (χ0n) is 35.2. The molecule has 0 spiro atoms. The van der Waals surface area contributed by atoms with Crippen molar-refractivity contribution >= 4 is 94.6 Å². The number of nitrogens with zero attached hydrogens (tertiary/aromatic N) is 2. The molecule has 2 heterocycles. The third-order valence-corrected chi connectivity index (χ3v) is 11.8. The molecule has 0 unspecified atom stereocenters. The summed E-state index contributed by atoms with van der Waals surface area (Å²) < 4.78 is 21.1. The van der Waals surface area contributed by atoms with E-state index in [9.17, 15) is 9.59 Å². The molecule has 0 fully saturated rings. The Kier molecular flexibility index (Phi) is 25.7. The second kappa shape index (κ2) is 30.8. The van der Waals surface area contributed by atoms with Crippen LogP contribution in [-0.2, 0) is 15.9 Å². The average molecular weight is 1120 g/mol. The normalized spacial score (nSPS) is 9.55. The Labute approximate surface area is 415 Å².